The Morgan fingerprint density at radius 2 is 1.96 bits per heavy atom. The number of aryl methyl sites for hydroxylation is 1. The smallest absolute Gasteiger partial charge is 0.412 e. The minimum Gasteiger partial charge on any atom is -0.461 e. The lowest BCUT2D eigenvalue weighted by Gasteiger charge is -2.42. The highest BCUT2D eigenvalue weighted by Crippen LogP contribution is 2.45. The third kappa shape index (κ3) is 6.94. The maximum absolute atomic E-state index is 14.7. The lowest BCUT2D eigenvalue weighted by atomic mass is 9.82. The normalized spacial score (nSPS) is 25.2. The molecule has 7 heterocycles. The summed E-state index contributed by atoms with van der Waals surface area (Å²) in [5.74, 6) is 0.566. The Kier molecular flexibility index (Phi) is 9.09. The van der Waals surface area contributed by atoms with Gasteiger partial charge in [0.25, 0.3) is 5.91 Å². The average Bonchev–Trinajstić information content (AvgIpc) is 3.73. The minimum absolute atomic E-state index is 0.145. The molecule has 1 aromatic carbocycles. The number of hydrogen-bond acceptors (Lipinski definition) is 11. The molecule has 53 heavy (non-hydrogen) atoms. The van der Waals surface area contributed by atoms with E-state index in [1.807, 2.05) is 49.7 Å². The number of benzene rings is 1. The first-order valence-corrected chi connectivity index (χ1v) is 18.6. The number of alkyl halides is 1. The Morgan fingerprint density at radius 1 is 1.11 bits per heavy atom. The van der Waals surface area contributed by atoms with Crippen LogP contribution in [-0.4, -0.2) is 106 Å². The largest absolute Gasteiger partial charge is 0.461 e. The molecule has 0 aliphatic carbocycles. The molecule has 2 aromatic heterocycles. The van der Waals surface area contributed by atoms with Crippen LogP contribution in [0, 0.1) is 0 Å². The summed E-state index contributed by atoms with van der Waals surface area (Å²) >= 11 is 0. The topological polar surface area (TPSA) is 136 Å². The molecular weight excluding hydrogens is 683 g/mol. The van der Waals surface area contributed by atoms with E-state index in [2.05, 4.69) is 20.2 Å². The van der Waals surface area contributed by atoms with Gasteiger partial charge in [-0.2, -0.15) is 15.1 Å². The van der Waals surface area contributed by atoms with Crippen molar-refractivity contribution in [3.05, 3.63) is 58.0 Å². The van der Waals surface area contributed by atoms with Crippen molar-refractivity contribution in [2.75, 3.05) is 57.2 Å². The Hall–Kier alpha value is -4.34. The first kappa shape index (κ1) is 35.7. The van der Waals surface area contributed by atoms with Crippen LogP contribution in [0.15, 0.2) is 24.3 Å². The monoisotopic (exact) mass is 732 g/mol. The molecule has 0 bridgehead atoms. The fraction of sp³-hybridized carbons (Fsp3) is 0.605. The number of rotatable bonds is 6. The molecule has 2 fully saturated rings. The standard InChI is InChI=1S/C38H49FN8O6/c1-36(2,3)53-35(49)40-26-9-8-24-20-50-23-38(29(24)14-26)17-31-28(21-52-38)32(42-34(41-31)51-22-37-10-6-12-46(37)18-25(39)16-37)45-11-7-13-47-27(19-45)15-30(43-47)33(48)44(4)5/h8-9,14-15,25H,6-7,10-13,16-23H2,1-5H3,(H,40,49)/t25-,37+,38?/m1/s1. The Balaban J connectivity index is 1.14. The Labute approximate surface area is 308 Å². The molecule has 1 N–H and O–H groups in total. The van der Waals surface area contributed by atoms with Crippen molar-refractivity contribution in [2.45, 2.75) is 102 Å². The summed E-state index contributed by atoms with van der Waals surface area (Å²) in [7, 11) is 3.44. The fourth-order valence-corrected chi connectivity index (χ4v) is 8.57. The van der Waals surface area contributed by atoms with Crippen LogP contribution < -0.4 is 15.0 Å². The van der Waals surface area contributed by atoms with Crippen LogP contribution in [-0.2, 0) is 52.5 Å². The number of fused-ring (bicyclic) bond motifs is 5. The van der Waals surface area contributed by atoms with E-state index in [0.717, 1.165) is 53.9 Å². The van der Waals surface area contributed by atoms with Crippen LogP contribution >= 0.6 is 0 Å². The molecule has 5 aliphatic rings. The second kappa shape index (κ2) is 13.5. The zero-order chi connectivity index (χ0) is 37.1. The fourth-order valence-electron chi connectivity index (χ4n) is 8.57. The van der Waals surface area contributed by atoms with E-state index in [1.54, 1.807) is 14.1 Å². The SMILES string of the molecule is CN(C)C(=O)c1cc2n(n1)CCCN(c1nc(OC[C@@]34CCCN3C[C@H](F)C4)nc3c1COC1(COCc4ccc(NC(=O)OC(C)(C)C)cc41)C3)C2. The molecule has 15 heteroatoms. The number of carbonyl (C=O) groups excluding carboxylic acids is 2. The van der Waals surface area contributed by atoms with Crippen LogP contribution in [0.5, 0.6) is 6.01 Å². The number of amides is 2. The van der Waals surface area contributed by atoms with E-state index < -0.39 is 23.5 Å². The maximum atomic E-state index is 14.7. The summed E-state index contributed by atoms with van der Waals surface area (Å²) < 4.78 is 41.5. The predicted molar refractivity (Wildman–Crippen MR) is 193 cm³/mol. The first-order valence-electron chi connectivity index (χ1n) is 18.6. The van der Waals surface area contributed by atoms with Crippen molar-refractivity contribution in [2.24, 2.45) is 0 Å². The van der Waals surface area contributed by atoms with Gasteiger partial charge in [-0.3, -0.25) is 19.7 Å². The van der Waals surface area contributed by atoms with E-state index in [9.17, 15) is 14.0 Å². The van der Waals surface area contributed by atoms with Crippen LogP contribution in [0.4, 0.5) is 20.7 Å². The van der Waals surface area contributed by atoms with Gasteiger partial charge in [0.2, 0.25) is 0 Å². The van der Waals surface area contributed by atoms with Gasteiger partial charge in [0.1, 0.15) is 29.8 Å². The van der Waals surface area contributed by atoms with Crippen molar-refractivity contribution in [3.8, 4) is 6.01 Å². The molecule has 5 aliphatic heterocycles. The summed E-state index contributed by atoms with van der Waals surface area (Å²) in [6, 6.07) is 7.84. The highest BCUT2D eigenvalue weighted by atomic mass is 19.1. The van der Waals surface area contributed by atoms with Crippen molar-refractivity contribution in [1.82, 2.24) is 29.5 Å². The van der Waals surface area contributed by atoms with Crippen LogP contribution in [0.3, 0.4) is 0 Å². The molecule has 2 amide bonds. The van der Waals surface area contributed by atoms with E-state index in [1.165, 1.54) is 4.90 Å². The summed E-state index contributed by atoms with van der Waals surface area (Å²) in [5.41, 5.74) is 3.58. The number of halogens is 1. The number of nitrogens with one attached hydrogen (secondary N) is 1. The number of carbonyl (C=O) groups is 2. The van der Waals surface area contributed by atoms with E-state index in [4.69, 9.17) is 28.9 Å². The van der Waals surface area contributed by atoms with Gasteiger partial charge in [-0.1, -0.05) is 6.07 Å². The molecule has 3 atom stereocenters. The third-order valence-electron chi connectivity index (χ3n) is 11.0. The summed E-state index contributed by atoms with van der Waals surface area (Å²) in [6.07, 6.45) is 2.09. The van der Waals surface area contributed by atoms with E-state index >= 15 is 0 Å². The molecule has 1 unspecified atom stereocenters. The highest BCUT2D eigenvalue weighted by Gasteiger charge is 2.50. The van der Waals surface area contributed by atoms with Crippen LogP contribution in [0.1, 0.15) is 85.0 Å². The van der Waals surface area contributed by atoms with Gasteiger partial charge in [0.05, 0.1) is 43.3 Å². The van der Waals surface area contributed by atoms with E-state index in [0.29, 0.717) is 76.0 Å². The summed E-state index contributed by atoms with van der Waals surface area (Å²) in [5, 5.41) is 7.50. The maximum Gasteiger partial charge on any atom is 0.412 e. The molecule has 0 saturated carbocycles. The molecule has 0 radical (unpaired) electrons. The number of nitrogens with zero attached hydrogens (tertiary/aromatic N) is 7. The van der Waals surface area contributed by atoms with Crippen molar-refractivity contribution >= 4 is 23.5 Å². The second-order valence-corrected chi connectivity index (χ2v) is 16.3. The molecule has 8 rings (SSSR count). The lowest BCUT2D eigenvalue weighted by molar-refractivity contribution is -0.136. The lowest BCUT2D eigenvalue weighted by Crippen LogP contribution is -2.45. The number of ether oxygens (including phenoxy) is 4. The van der Waals surface area contributed by atoms with Crippen molar-refractivity contribution in [3.63, 3.8) is 0 Å². The molecular formula is C38H49FN8O6. The van der Waals surface area contributed by atoms with Gasteiger partial charge >= 0.3 is 12.1 Å². The van der Waals surface area contributed by atoms with Gasteiger partial charge in [0, 0.05) is 57.8 Å². The Morgan fingerprint density at radius 3 is 2.77 bits per heavy atom. The molecule has 2 saturated heterocycles. The Bertz CT molecular complexity index is 1910. The van der Waals surface area contributed by atoms with Crippen LogP contribution in [0.2, 0.25) is 0 Å². The summed E-state index contributed by atoms with van der Waals surface area (Å²) in [4.78, 5) is 41.5. The predicted octanol–water partition coefficient (Wildman–Crippen LogP) is 4.59. The second-order valence-electron chi connectivity index (χ2n) is 16.3. The zero-order valence-electron chi connectivity index (χ0n) is 31.2. The van der Waals surface area contributed by atoms with Gasteiger partial charge in [-0.25, -0.2) is 9.18 Å². The minimum atomic E-state index is -0.873. The zero-order valence-corrected chi connectivity index (χ0v) is 31.2. The number of aromatic nitrogens is 4. The van der Waals surface area contributed by atoms with Crippen LogP contribution in [0.25, 0.3) is 0 Å². The van der Waals surface area contributed by atoms with Gasteiger partial charge < -0.3 is 28.7 Å². The average molecular weight is 733 g/mol. The third-order valence-corrected chi connectivity index (χ3v) is 11.0. The van der Waals surface area contributed by atoms with Crippen molar-refractivity contribution in [1.29, 1.82) is 0 Å². The van der Waals surface area contributed by atoms with Gasteiger partial charge in [-0.05, 0) is 75.9 Å². The molecule has 1 spiro atoms. The summed E-state index contributed by atoms with van der Waals surface area (Å²) in [6.45, 7) is 9.86. The molecule has 3 aromatic rings. The van der Waals surface area contributed by atoms with Gasteiger partial charge in [-0.15, -0.1) is 0 Å². The molecule has 284 valence electrons. The molecule has 14 nitrogen and oxygen atoms in total. The first-order chi connectivity index (χ1) is 25.3. The number of hydrogen-bond donors (Lipinski definition) is 1. The van der Waals surface area contributed by atoms with Gasteiger partial charge in [0.15, 0.2) is 5.69 Å². The quantitative estimate of drug-likeness (QED) is 0.382. The number of anilines is 2. The van der Waals surface area contributed by atoms with Crippen molar-refractivity contribution < 1.29 is 32.9 Å². The van der Waals surface area contributed by atoms with E-state index in [-0.39, 0.29) is 24.1 Å². The highest BCUT2D eigenvalue weighted by molar-refractivity contribution is 5.92.